The average molecular weight is 272 g/mol. The highest BCUT2D eigenvalue weighted by molar-refractivity contribution is 5.82. The fraction of sp³-hybridized carbons (Fsp3) is 0.154. The lowest BCUT2D eigenvalue weighted by atomic mass is 10.2. The summed E-state index contributed by atoms with van der Waals surface area (Å²) in [5.74, 6) is 6.34. The molecule has 0 spiro atoms. The van der Waals surface area contributed by atoms with Crippen LogP contribution in [0.25, 0.3) is 11.4 Å². The third-order valence-corrected chi connectivity index (χ3v) is 2.70. The van der Waals surface area contributed by atoms with Gasteiger partial charge in [0.1, 0.15) is 17.7 Å². The average Bonchev–Trinajstić information content (AvgIpc) is 2.47. The molecule has 6 N–H and O–H groups in total. The Morgan fingerprint density at radius 3 is 2.45 bits per heavy atom. The number of aromatic nitrogens is 2. The largest absolute Gasteiger partial charge is 0.368 e. The number of hydrazine groups is 1. The molecule has 1 heterocycles. The van der Waals surface area contributed by atoms with Crippen molar-refractivity contribution in [2.75, 3.05) is 10.7 Å². The zero-order valence-corrected chi connectivity index (χ0v) is 11.0. The summed E-state index contributed by atoms with van der Waals surface area (Å²) in [4.78, 5) is 19.7. The number of rotatable bonds is 5. The van der Waals surface area contributed by atoms with Crippen LogP contribution in [0.2, 0.25) is 0 Å². The first-order valence-electron chi connectivity index (χ1n) is 6.07. The normalized spacial score (nSPS) is 11.7. The van der Waals surface area contributed by atoms with Gasteiger partial charge >= 0.3 is 0 Å². The van der Waals surface area contributed by atoms with Gasteiger partial charge in [-0.05, 0) is 6.92 Å². The predicted molar refractivity (Wildman–Crippen MR) is 77.6 cm³/mol. The Morgan fingerprint density at radius 2 is 1.85 bits per heavy atom. The van der Waals surface area contributed by atoms with E-state index in [0.717, 1.165) is 5.56 Å². The molecular weight excluding hydrogens is 256 g/mol. The van der Waals surface area contributed by atoms with Crippen molar-refractivity contribution < 1.29 is 4.79 Å². The Morgan fingerprint density at radius 1 is 1.20 bits per heavy atom. The molecule has 1 aromatic heterocycles. The maximum absolute atomic E-state index is 11.1. The molecule has 0 saturated carbocycles. The molecule has 7 nitrogen and oxygen atoms in total. The lowest BCUT2D eigenvalue weighted by Crippen LogP contribution is -2.32. The molecule has 1 atom stereocenters. The lowest BCUT2D eigenvalue weighted by molar-refractivity contribution is -0.118. The molecule has 1 unspecified atom stereocenters. The van der Waals surface area contributed by atoms with Crippen molar-refractivity contribution in [3.63, 3.8) is 0 Å². The summed E-state index contributed by atoms with van der Waals surface area (Å²) < 4.78 is 0. The van der Waals surface area contributed by atoms with Crippen LogP contribution in [-0.2, 0) is 4.79 Å². The van der Waals surface area contributed by atoms with Gasteiger partial charge in [-0.3, -0.25) is 4.79 Å². The predicted octanol–water partition coefficient (Wildman–Crippen LogP) is 0.715. The number of benzene rings is 1. The standard InChI is InChI=1S/C13H16N6O/c1-8(12(14)20)16-10-7-11(19-15)18-13(17-10)9-5-3-2-4-6-9/h2-8H,15H2,1H3,(H2,14,20)(H2,16,17,18,19). The topological polar surface area (TPSA) is 119 Å². The van der Waals surface area contributed by atoms with Gasteiger partial charge in [0.15, 0.2) is 5.82 Å². The summed E-state index contributed by atoms with van der Waals surface area (Å²) in [6, 6.07) is 10.5. The van der Waals surface area contributed by atoms with Gasteiger partial charge in [-0.15, -0.1) is 0 Å². The van der Waals surface area contributed by atoms with Crippen LogP contribution in [0.15, 0.2) is 36.4 Å². The Bertz CT molecular complexity index is 601. The summed E-state index contributed by atoms with van der Waals surface area (Å²) in [5.41, 5.74) is 8.54. The van der Waals surface area contributed by atoms with E-state index in [1.165, 1.54) is 0 Å². The summed E-state index contributed by atoms with van der Waals surface area (Å²) in [6.07, 6.45) is 0. The van der Waals surface area contributed by atoms with E-state index in [4.69, 9.17) is 11.6 Å². The van der Waals surface area contributed by atoms with E-state index in [-0.39, 0.29) is 0 Å². The minimum Gasteiger partial charge on any atom is -0.368 e. The third kappa shape index (κ3) is 3.21. The number of hydrogen-bond donors (Lipinski definition) is 4. The molecule has 20 heavy (non-hydrogen) atoms. The number of hydrogen-bond acceptors (Lipinski definition) is 6. The van der Waals surface area contributed by atoms with Gasteiger partial charge in [0, 0.05) is 11.6 Å². The molecular formula is C13H16N6O. The van der Waals surface area contributed by atoms with Crippen LogP contribution in [0.1, 0.15) is 6.92 Å². The van der Waals surface area contributed by atoms with Crippen molar-refractivity contribution in [2.45, 2.75) is 13.0 Å². The highest BCUT2D eigenvalue weighted by Gasteiger charge is 2.11. The van der Waals surface area contributed by atoms with Crippen molar-refractivity contribution in [3.8, 4) is 11.4 Å². The molecule has 0 bridgehead atoms. The van der Waals surface area contributed by atoms with Crippen LogP contribution in [-0.4, -0.2) is 21.9 Å². The fourth-order valence-electron chi connectivity index (χ4n) is 1.60. The Kier molecular flexibility index (Phi) is 4.11. The Labute approximate surface area is 116 Å². The second-order valence-corrected chi connectivity index (χ2v) is 4.24. The lowest BCUT2D eigenvalue weighted by Gasteiger charge is -2.13. The molecule has 0 radical (unpaired) electrons. The molecule has 0 aliphatic rings. The summed E-state index contributed by atoms with van der Waals surface area (Å²) in [5, 5.41) is 2.90. The van der Waals surface area contributed by atoms with Crippen LogP contribution in [0.5, 0.6) is 0 Å². The molecule has 2 rings (SSSR count). The number of amides is 1. The zero-order valence-electron chi connectivity index (χ0n) is 11.0. The second kappa shape index (κ2) is 5.98. The van der Waals surface area contributed by atoms with Gasteiger partial charge in [0.2, 0.25) is 5.91 Å². The molecule has 0 aliphatic carbocycles. The molecule has 0 aliphatic heterocycles. The van der Waals surface area contributed by atoms with E-state index in [9.17, 15) is 4.79 Å². The van der Waals surface area contributed by atoms with Crippen LogP contribution < -0.4 is 22.3 Å². The maximum Gasteiger partial charge on any atom is 0.239 e. The van der Waals surface area contributed by atoms with E-state index >= 15 is 0 Å². The van der Waals surface area contributed by atoms with Crippen molar-refractivity contribution >= 4 is 17.5 Å². The summed E-state index contributed by atoms with van der Waals surface area (Å²) in [7, 11) is 0. The van der Waals surface area contributed by atoms with Crippen LogP contribution in [0.4, 0.5) is 11.6 Å². The van der Waals surface area contributed by atoms with E-state index in [2.05, 4.69) is 20.7 Å². The van der Waals surface area contributed by atoms with Crippen molar-refractivity contribution in [2.24, 2.45) is 11.6 Å². The first-order chi connectivity index (χ1) is 9.60. The van der Waals surface area contributed by atoms with Crippen LogP contribution in [0.3, 0.4) is 0 Å². The monoisotopic (exact) mass is 272 g/mol. The quantitative estimate of drug-likeness (QED) is 0.470. The molecule has 0 fully saturated rings. The number of nitrogens with zero attached hydrogens (tertiary/aromatic N) is 2. The molecule has 2 aromatic rings. The van der Waals surface area contributed by atoms with Gasteiger partial charge in [0.05, 0.1) is 0 Å². The first-order valence-corrected chi connectivity index (χ1v) is 6.07. The van der Waals surface area contributed by atoms with E-state index in [1.807, 2.05) is 30.3 Å². The zero-order chi connectivity index (χ0) is 14.5. The maximum atomic E-state index is 11.1. The van der Waals surface area contributed by atoms with Gasteiger partial charge < -0.3 is 16.5 Å². The Hall–Kier alpha value is -2.67. The number of nitrogens with one attached hydrogen (secondary N) is 2. The third-order valence-electron chi connectivity index (χ3n) is 2.70. The Balaban J connectivity index is 2.36. The van der Waals surface area contributed by atoms with Crippen LogP contribution in [0, 0.1) is 0 Å². The van der Waals surface area contributed by atoms with Crippen molar-refractivity contribution in [3.05, 3.63) is 36.4 Å². The van der Waals surface area contributed by atoms with Gasteiger partial charge in [0.25, 0.3) is 0 Å². The number of carbonyl (C=O) groups excluding carboxylic acids is 1. The minimum atomic E-state index is -0.542. The number of nitrogen functional groups attached to an aromatic ring is 1. The number of carbonyl (C=O) groups is 1. The van der Waals surface area contributed by atoms with Gasteiger partial charge in [-0.2, -0.15) is 0 Å². The fourth-order valence-corrected chi connectivity index (χ4v) is 1.60. The van der Waals surface area contributed by atoms with Crippen molar-refractivity contribution in [1.82, 2.24) is 9.97 Å². The molecule has 1 aromatic carbocycles. The summed E-state index contributed by atoms with van der Waals surface area (Å²) >= 11 is 0. The first kappa shape index (κ1) is 13.8. The number of anilines is 2. The van der Waals surface area contributed by atoms with Gasteiger partial charge in [-0.25, -0.2) is 15.8 Å². The SMILES string of the molecule is CC(Nc1cc(NN)nc(-c2ccccc2)n1)C(N)=O. The number of nitrogens with two attached hydrogens (primary N) is 2. The van der Waals surface area contributed by atoms with Crippen molar-refractivity contribution in [1.29, 1.82) is 0 Å². The van der Waals surface area contributed by atoms with E-state index in [1.54, 1.807) is 13.0 Å². The summed E-state index contributed by atoms with van der Waals surface area (Å²) in [6.45, 7) is 1.65. The smallest absolute Gasteiger partial charge is 0.239 e. The van der Waals surface area contributed by atoms with Gasteiger partial charge in [-0.1, -0.05) is 30.3 Å². The number of primary amides is 1. The minimum absolute atomic E-state index is 0.443. The van der Waals surface area contributed by atoms with E-state index in [0.29, 0.717) is 17.5 Å². The highest BCUT2D eigenvalue weighted by Crippen LogP contribution is 2.19. The molecule has 104 valence electrons. The van der Waals surface area contributed by atoms with E-state index < -0.39 is 11.9 Å². The second-order valence-electron chi connectivity index (χ2n) is 4.24. The highest BCUT2D eigenvalue weighted by atomic mass is 16.1. The molecule has 1 amide bonds. The molecule has 0 saturated heterocycles. The van der Waals surface area contributed by atoms with Crippen LogP contribution >= 0.6 is 0 Å². The molecule has 7 heteroatoms.